The van der Waals surface area contributed by atoms with Gasteiger partial charge < -0.3 is 9.64 Å². The van der Waals surface area contributed by atoms with Crippen LogP contribution < -0.4 is 0 Å². The van der Waals surface area contributed by atoms with Crippen molar-refractivity contribution in [1.82, 2.24) is 4.90 Å². The van der Waals surface area contributed by atoms with Gasteiger partial charge in [0, 0.05) is 26.3 Å². The molecule has 0 bridgehead atoms. The molecule has 2 aliphatic rings. The Morgan fingerprint density at radius 3 is 2.33 bits per heavy atom. The fraction of sp³-hybridized carbons (Fsp3) is 0.917. The molecule has 1 amide bonds. The number of hydrogen-bond acceptors (Lipinski definition) is 4. The second-order valence-corrected chi connectivity index (χ2v) is 7.34. The predicted octanol–water partition coefficient (Wildman–Crippen LogP) is 0.593. The van der Waals surface area contributed by atoms with Crippen LogP contribution in [0.25, 0.3) is 0 Å². The molecule has 5 nitrogen and oxygen atoms in total. The van der Waals surface area contributed by atoms with E-state index >= 15 is 0 Å². The lowest BCUT2D eigenvalue weighted by molar-refractivity contribution is -0.129. The van der Waals surface area contributed by atoms with E-state index < -0.39 is 9.84 Å². The largest absolute Gasteiger partial charge is 0.381 e. The standard InChI is InChI=1S/C12H21NO4S/c14-12(13-6-2-1-3-7-13)10-18(15,16)11-4-8-17-9-5-11/h11H,1-10H2. The Morgan fingerprint density at radius 2 is 1.72 bits per heavy atom. The van der Waals surface area contributed by atoms with E-state index in [0.29, 0.717) is 39.1 Å². The summed E-state index contributed by atoms with van der Waals surface area (Å²) >= 11 is 0. The highest BCUT2D eigenvalue weighted by Crippen LogP contribution is 2.18. The highest BCUT2D eigenvalue weighted by molar-refractivity contribution is 7.92. The molecule has 0 spiro atoms. The Labute approximate surface area is 108 Å². The first-order chi connectivity index (χ1) is 8.59. The molecular weight excluding hydrogens is 254 g/mol. The molecule has 2 heterocycles. The van der Waals surface area contributed by atoms with Crippen molar-refractivity contribution in [1.29, 1.82) is 0 Å². The third-order valence-corrected chi connectivity index (χ3v) is 5.85. The summed E-state index contributed by atoms with van der Waals surface area (Å²) in [4.78, 5) is 13.7. The lowest BCUT2D eigenvalue weighted by Crippen LogP contribution is -2.42. The molecule has 18 heavy (non-hydrogen) atoms. The smallest absolute Gasteiger partial charge is 0.237 e. The third kappa shape index (κ3) is 3.45. The molecule has 0 aromatic rings. The summed E-state index contributed by atoms with van der Waals surface area (Å²) in [5.74, 6) is -0.543. The molecule has 0 aromatic heterocycles. The second-order valence-electron chi connectivity index (χ2n) is 5.06. The fourth-order valence-electron chi connectivity index (χ4n) is 2.56. The first-order valence-corrected chi connectivity index (χ1v) is 8.38. The van der Waals surface area contributed by atoms with Crippen molar-refractivity contribution in [3.63, 3.8) is 0 Å². The molecule has 104 valence electrons. The number of nitrogens with zero attached hydrogens (tertiary/aromatic N) is 1. The minimum absolute atomic E-state index is 0.221. The Balaban J connectivity index is 1.92. The lowest BCUT2D eigenvalue weighted by atomic mass is 10.1. The van der Waals surface area contributed by atoms with Gasteiger partial charge in [0.15, 0.2) is 9.84 Å². The fourth-order valence-corrected chi connectivity index (χ4v) is 4.23. The Morgan fingerprint density at radius 1 is 1.11 bits per heavy atom. The van der Waals surface area contributed by atoms with E-state index in [9.17, 15) is 13.2 Å². The van der Waals surface area contributed by atoms with E-state index in [1.54, 1.807) is 4.90 Å². The quantitative estimate of drug-likeness (QED) is 0.756. The van der Waals surface area contributed by atoms with Crippen LogP contribution in [0.3, 0.4) is 0 Å². The predicted molar refractivity (Wildman–Crippen MR) is 68.1 cm³/mol. The summed E-state index contributed by atoms with van der Waals surface area (Å²) in [6.45, 7) is 2.40. The van der Waals surface area contributed by atoms with Gasteiger partial charge in [-0.3, -0.25) is 4.79 Å². The summed E-state index contributed by atoms with van der Waals surface area (Å²) in [7, 11) is -3.30. The van der Waals surface area contributed by atoms with Crippen LogP contribution in [0, 0.1) is 0 Å². The van der Waals surface area contributed by atoms with Crippen LogP contribution in [0.15, 0.2) is 0 Å². The van der Waals surface area contributed by atoms with Crippen molar-refractivity contribution in [3.05, 3.63) is 0 Å². The molecule has 0 radical (unpaired) electrons. The first kappa shape index (κ1) is 13.8. The van der Waals surface area contributed by atoms with E-state index in [4.69, 9.17) is 4.74 Å². The van der Waals surface area contributed by atoms with Crippen LogP contribution in [0.2, 0.25) is 0 Å². The molecule has 0 saturated carbocycles. The normalized spacial score (nSPS) is 23.0. The molecule has 0 N–H and O–H groups in total. The summed E-state index contributed by atoms with van der Waals surface area (Å²) in [6, 6.07) is 0. The summed E-state index contributed by atoms with van der Waals surface area (Å²) < 4.78 is 29.4. The number of carbonyl (C=O) groups excluding carboxylic acids is 1. The highest BCUT2D eigenvalue weighted by Gasteiger charge is 2.31. The van der Waals surface area contributed by atoms with Gasteiger partial charge >= 0.3 is 0 Å². The van der Waals surface area contributed by atoms with Crippen molar-refractivity contribution in [2.75, 3.05) is 32.1 Å². The van der Waals surface area contributed by atoms with Crippen molar-refractivity contribution in [2.24, 2.45) is 0 Å². The Kier molecular flexibility index (Phi) is 4.61. The minimum atomic E-state index is -3.30. The monoisotopic (exact) mass is 275 g/mol. The SMILES string of the molecule is O=C(CS(=O)(=O)C1CCOCC1)N1CCCCC1. The van der Waals surface area contributed by atoms with Gasteiger partial charge in [0.1, 0.15) is 5.75 Å². The maximum atomic E-state index is 12.1. The summed E-state index contributed by atoms with van der Waals surface area (Å²) in [5.41, 5.74) is 0. The molecule has 0 atom stereocenters. The van der Waals surface area contributed by atoms with Crippen LogP contribution in [0.5, 0.6) is 0 Å². The molecule has 2 fully saturated rings. The van der Waals surface area contributed by atoms with Gasteiger partial charge in [-0.15, -0.1) is 0 Å². The molecule has 0 unspecified atom stereocenters. The third-order valence-electron chi connectivity index (χ3n) is 3.71. The van der Waals surface area contributed by atoms with E-state index in [2.05, 4.69) is 0 Å². The Hall–Kier alpha value is -0.620. The van der Waals surface area contributed by atoms with E-state index in [-0.39, 0.29) is 16.9 Å². The maximum Gasteiger partial charge on any atom is 0.237 e. The Bertz CT molecular complexity index is 381. The van der Waals surface area contributed by atoms with Crippen molar-refractivity contribution in [2.45, 2.75) is 37.4 Å². The van der Waals surface area contributed by atoms with E-state index in [1.807, 2.05) is 0 Å². The lowest BCUT2D eigenvalue weighted by Gasteiger charge is -2.28. The van der Waals surface area contributed by atoms with Crippen LogP contribution >= 0.6 is 0 Å². The summed E-state index contributed by atoms with van der Waals surface area (Å²) in [5, 5.41) is -0.389. The van der Waals surface area contributed by atoms with Crippen molar-refractivity contribution in [3.8, 4) is 0 Å². The zero-order valence-electron chi connectivity index (χ0n) is 10.6. The minimum Gasteiger partial charge on any atom is -0.381 e. The van der Waals surface area contributed by atoms with E-state index in [0.717, 1.165) is 19.3 Å². The van der Waals surface area contributed by atoms with Crippen molar-refractivity contribution >= 4 is 15.7 Å². The topological polar surface area (TPSA) is 63.7 Å². The van der Waals surface area contributed by atoms with Gasteiger partial charge in [-0.05, 0) is 32.1 Å². The van der Waals surface area contributed by atoms with Crippen LogP contribution in [0.4, 0.5) is 0 Å². The van der Waals surface area contributed by atoms with Gasteiger partial charge in [-0.25, -0.2) is 8.42 Å². The van der Waals surface area contributed by atoms with Gasteiger partial charge in [0.25, 0.3) is 0 Å². The second kappa shape index (κ2) is 6.02. The molecule has 0 aromatic carbocycles. The van der Waals surface area contributed by atoms with Crippen LogP contribution in [-0.4, -0.2) is 56.5 Å². The highest BCUT2D eigenvalue weighted by atomic mass is 32.2. The van der Waals surface area contributed by atoms with Crippen LogP contribution in [0.1, 0.15) is 32.1 Å². The number of hydrogen-bond donors (Lipinski definition) is 0. The maximum absolute atomic E-state index is 12.1. The van der Waals surface area contributed by atoms with Gasteiger partial charge in [0.2, 0.25) is 5.91 Å². The number of ether oxygens (including phenoxy) is 1. The van der Waals surface area contributed by atoms with Crippen LogP contribution in [-0.2, 0) is 19.4 Å². The van der Waals surface area contributed by atoms with Gasteiger partial charge in [-0.2, -0.15) is 0 Å². The number of rotatable bonds is 3. The number of amides is 1. The molecule has 2 aliphatic heterocycles. The average molecular weight is 275 g/mol. The van der Waals surface area contributed by atoms with Crippen molar-refractivity contribution < 1.29 is 17.9 Å². The first-order valence-electron chi connectivity index (χ1n) is 6.67. The van der Waals surface area contributed by atoms with Gasteiger partial charge in [0.05, 0.1) is 5.25 Å². The number of piperidine rings is 1. The average Bonchev–Trinajstić information content (AvgIpc) is 2.40. The molecule has 2 rings (SSSR count). The zero-order chi connectivity index (χ0) is 13.0. The molecule has 0 aliphatic carbocycles. The zero-order valence-corrected chi connectivity index (χ0v) is 11.5. The molecule has 2 saturated heterocycles. The number of carbonyl (C=O) groups is 1. The molecule has 6 heteroatoms. The van der Waals surface area contributed by atoms with E-state index in [1.165, 1.54) is 0 Å². The van der Waals surface area contributed by atoms with Gasteiger partial charge in [-0.1, -0.05) is 0 Å². The summed E-state index contributed by atoms with van der Waals surface area (Å²) in [6.07, 6.45) is 4.16. The molecular formula is C12H21NO4S. The number of likely N-dealkylation sites (tertiary alicyclic amines) is 1. The number of sulfone groups is 1.